The molecular formula is C23H26N6S. The first-order chi connectivity index (χ1) is 14.5. The lowest BCUT2D eigenvalue weighted by molar-refractivity contribution is 0.956. The number of hydrogen-bond acceptors (Lipinski definition) is 4. The molecule has 2 aromatic carbocycles. The molecule has 1 heterocycles. The first-order valence-corrected chi connectivity index (χ1v) is 10.2. The van der Waals surface area contributed by atoms with Crippen LogP contribution in [0.15, 0.2) is 65.7 Å². The van der Waals surface area contributed by atoms with Gasteiger partial charge in [-0.15, -0.1) is 0 Å². The third kappa shape index (κ3) is 6.63. The second-order valence-electron chi connectivity index (χ2n) is 6.96. The third-order valence-electron chi connectivity index (χ3n) is 4.35. The molecule has 0 aliphatic carbocycles. The Morgan fingerprint density at radius 3 is 2.27 bits per heavy atom. The van der Waals surface area contributed by atoms with Crippen molar-refractivity contribution >= 4 is 34.9 Å². The summed E-state index contributed by atoms with van der Waals surface area (Å²) in [5, 5.41) is 9.97. The van der Waals surface area contributed by atoms with E-state index in [0.717, 1.165) is 29.1 Å². The van der Waals surface area contributed by atoms with Crippen LogP contribution in [0.3, 0.4) is 0 Å². The van der Waals surface area contributed by atoms with Gasteiger partial charge in [-0.3, -0.25) is 10.3 Å². The molecule has 0 aliphatic rings. The Bertz CT molecular complexity index is 1010. The number of hydrogen-bond donors (Lipinski definition) is 3. The van der Waals surface area contributed by atoms with E-state index in [0.29, 0.717) is 23.6 Å². The zero-order valence-electron chi connectivity index (χ0n) is 17.4. The summed E-state index contributed by atoms with van der Waals surface area (Å²) in [7, 11) is 0. The van der Waals surface area contributed by atoms with Gasteiger partial charge in [-0.2, -0.15) is 0 Å². The van der Waals surface area contributed by atoms with Crippen LogP contribution in [0.25, 0.3) is 0 Å². The number of nitrogens with one attached hydrogen (secondary N) is 3. The lowest BCUT2D eigenvalue weighted by Gasteiger charge is -2.15. The number of thiocarbonyl (C=S) groups is 1. The Kier molecular flexibility index (Phi) is 7.45. The number of nitrogens with zero attached hydrogens (tertiary/aromatic N) is 3. The van der Waals surface area contributed by atoms with Gasteiger partial charge >= 0.3 is 0 Å². The number of para-hydroxylation sites is 1. The number of guanidine groups is 1. The maximum absolute atomic E-state index is 5.50. The molecule has 0 spiro atoms. The number of benzene rings is 2. The van der Waals surface area contributed by atoms with Crippen LogP contribution in [-0.4, -0.2) is 27.6 Å². The highest BCUT2D eigenvalue weighted by Crippen LogP contribution is 2.12. The Morgan fingerprint density at radius 2 is 1.57 bits per heavy atom. The van der Waals surface area contributed by atoms with Crippen LogP contribution in [0.4, 0.5) is 11.6 Å². The molecule has 0 saturated carbocycles. The van der Waals surface area contributed by atoms with Crippen molar-refractivity contribution < 1.29 is 0 Å². The van der Waals surface area contributed by atoms with Crippen LogP contribution in [0.1, 0.15) is 22.5 Å². The van der Waals surface area contributed by atoms with Gasteiger partial charge in [0.05, 0.1) is 0 Å². The number of rotatable bonds is 5. The summed E-state index contributed by atoms with van der Waals surface area (Å²) in [5.41, 5.74) is 5.04. The van der Waals surface area contributed by atoms with Crippen LogP contribution in [0.2, 0.25) is 0 Å². The largest absolute Gasteiger partial charge is 0.332 e. The number of aryl methyl sites for hydroxylation is 3. The summed E-state index contributed by atoms with van der Waals surface area (Å²) in [6, 6.07) is 20.1. The standard InChI is InChI=1S/C23H26N6S/c1-16-9-7-8-12-20(16)27-23(30)29-21(24-14-13-19-10-5-4-6-11-19)28-22-25-17(2)15-18(3)26-22/h4-12,15H,13-14H2,1-3H3,(H3,24,25,26,27,28,29,30). The van der Waals surface area contributed by atoms with Crippen LogP contribution < -0.4 is 16.0 Å². The molecule has 3 aromatic rings. The minimum Gasteiger partial charge on any atom is -0.332 e. The Hall–Kier alpha value is -3.32. The highest BCUT2D eigenvalue weighted by molar-refractivity contribution is 7.80. The molecule has 154 valence electrons. The first kappa shape index (κ1) is 21.4. The highest BCUT2D eigenvalue weighted by Gasteiger charge is 2.08. The van der Waals surface area contributed by atoms with E-state index in [1.807, 2.05) is 69.3 Å². The van der Waals surface area contributed by atoms with Crippen molar-refractivity contribution in [1.29, 1.82) is 0 Å². The lowest BCUT2D eigenvalue weighted by atomic mass is 10.2. The summed E-state index contributed by atoms with van der Waals surface area (Å²) in [6.07, 6.45) is 0.819. The molecule has 0 radical (unpaired) electrons. The number of aromatic nitrogens is 2. The average Bonchev–Trinajstić information content (AvgIpc) is 2.70. The van der Waals surface area contributed by atoms with Crippen molar-refractivity contribution in [3.05, 3.63) is 83.2 Å². The fraction of sp³-hybridized carbons (Fsp3) is 0.217. The highest BCUT2D eigenvalue weighted by atomic mass is 32.1. The quantitative estimate of drug-likeness (QED) is 0.324. The second-order valence-corrected chi connectivity index (χ2v) is 7.37. The molecule has 0 saturated heterocycles. The molecule has 1 aromatic heterocycles. The Morgan fingerprint density at radius 1 is 0.900 bits per heavy atom. The minimum absolute atomic E-state index is 0.444. The van der Waals surface area contributed by atoms with E-state index in [-0.39, 0.29) is 0 Å². The summed E-state index contributed by atoms with van der Waals surface area (Å²) in [4.78, 5) is 13.5. The molecule has 0 atom stereocenters. The predicted molar refractivity (Wildman–Crippen MR) is 128 cm³/mol. The maximum atomic E-state index is 5.50. The van der Waals surface area contributed by atoms with Crippen LogP contribution in [0.5, 0.6) is 0 Å². The Labute approximate surface area is 182 Å². The number of anilines is 2. The van der Waals surface area contributed by atoms with Crippen molar-refractivity contribution in [2.75, 3.05) is 17.2 Å². The van der Waals surface area contributed by atoms with Gasteiger partial charge in [0.15, 0.2) is 5.11 Å². The van der Waals surface area contributed by atoms with Crippen molar-refractivity contribution in [3.8, 4) is 0 Å². The molecule has 0 amide bonds. The van der Waals surface area contributed by atoms with Crippen LogP contribution >= 0.6 is 12.2 Å². The fourth-order valence-electron chi connectivity index (χ4n) is 2.91. The van der Waals surface area contributed by atoms with Crippen LogP contribution in [-0.2, 0) is 6.42 Å². The molecular weight excluding hydrogens is 392 g/mol. The van der Waals surface area contributed by atoms with Crippen LogP contribution in [0, 0.1) is 20.8 Å². The van der Waals surface area contributed by atoms with Crippen molar-refractivity contribution in [2.24, 2.45) is 4.99 Å². The average molecular weight is 419 g/mol. The molecule has 3 N–H and O–H groups in total. The maximum Gasteiger partial charge on any atom is 0.229 e. The lowest BCUT2D eigenvalue weighted by Crippen LogP contribution is -2.39. The number of aliphatic imine (C=N–C) groups is 1. The van der Waals surface area contributed by atoms with E-state index in [2.05, 4.69) is 43.0 Å². The van der Waals surface area contributed by atoms with Crippen molar-refractivity contribution in [3.63, 3.8) is 0 Å². The normalized spacial score (nSPS) is 11.1. The van der Waals surface area contributed by atoms with E-state index in [4.69, 9.17) is 12.2 Å². The van der Waals surface area contributed by atoms with Gasteiger partial charge < -0.3 is 10.6 Å². The minimum atomic E-state index is 0.444. The van der Waals surface area contributed by atoms with E-state index in [1.54, 1.807) is 0 Å². The van der Waals surface area contributed by atoms with Gasteiger partial charge in [0, 0.05) is 23.6 Å². The molecule has 0 unspecified atom stereocenters. The van der Waals surface area contributed by atoms with Gasteiger partial charge in [0.2, 0.25) is 11.9 Å². The molecule has 3 rings (SSSR count). The summed E-state index contributed by atoms with van der Waals surface area (Å²) in [6.45, 7) is 6.49. The molecule has 0 bridgehead atoms. The smallest absolute Gasteiger partial charge is 0.229 e. The summed E-state index contributed by atoms with van der Waals surface area (Å²) < 4.78 is 0. The van der Waals surface area contributed by atoms with Gasteiger partial charge in [-0.05, 0) is 62.7 Å². The van der Waals surface area contributed by atoms with Gasteiger partial charge in [0.1, 0.15) is 0 Å². The zero-order chi connectivity index (χ0) is 21.3. The molecule has 0 aliphatic heterocycles. The van der Waals surface area contributed by atoms with Gasteiger partial charge in [-0.1, -0.05) is 48.5 Å². The SMILES string of the molecule is Cc1cc(C)nc(NC(=NCCc2ccccc2)NC(=S)Nc2ccccc2C)n1. The summed E-state index contributed by atoms with van der Waals surface area (Å²) >= 11 is 5.50. The second kappa shape index (κ2) is 10.5. The van der Waals surface area contributed by atoms with Crippen molar-refractivity contribution in [1.82, 2.24) is 15.3 Å². The molecule has 6 nitrogen and oxygen atoms in total. The molecule has 0 fully saturated rings. The van der Waals surface area contributed by atoms with E-state index in [1.165, 1.54) is 5.56 Å². The first-order valence-electron chi connectivity index (χ1n) is 9.81. The van der Waals surface area contributed by atoms with E-state index < -0.39 is 0 Å². The fourth-order valence-corrected chi connectivity index (χ4v) is 3.12. The topological polar surface area (TPSA) is 74.2 Å². The van der Waals surface area contributed by atoms with E-state index >= 15 is 0 Å². The predicted octanol–water partition coefficient (Wildman–Crippen LogP) is 4.40. The molecule has 30 heavy (non-hydrogen) atoms. The molecule has 7 heteroatoms. The van der Waals surface area contributed by atoms with Gasteiger partial charge in [0.25, 0.3) is 0 Å². The van der Waals surface area contributed by atoms with Crippen molar-refractivity contribution in [2.45, 2.75) is 27.2 Å². The van der Waals surface area contributed by atoms with E-state index in [9.17, 15) is 0 Å². The third-order valence-corrected chi connectivity index (χ3v) is 4.56. The van der Waals surface area contributed by atoms with Gasteiger partial charge in [-0.25, -0.2) is 9.97 Å². The zero-order valence-corrected chi connectivity index (χ0v) is 18.3. The summed E-state index contributed by atoms with van der Waals surface area (Å²) in [5.74, 6) is 0.985. The Balaban J connectivity index is 1.72. The monoisotopic (exact) mass is 418 g/mol.